The third kappa shape index (κ3) is 4.54. The zero-order valence-corrected chi connectivity index (χ0v) is 18.5. The van der Waals surface area contributed by atoms with E-state index in [1.54, 1.807) is 11.1 Å². The minimum atomic E-state index is -0.667. The fourth-order valence-corrected chi connectivity index (χ4v) is 4.37. The molecule has 0 spiro atoms. The minimum Gasteiger partial charge on any atom is -0.356 e. The van der Waals surface area contributed by atoms with Crippen molar-refractivity contribution in [3.63, 3.8) is 0 Å². The molecule has 32 heavy (non-hydrogen) atoms. The summed E-state index contributed by atoms with van der Waals surface area (Å²) in [6.07, 6.45) is 5.71. The highest BCUT2D eigenvalue weighted by Crippen LogP contribution is 2.36. The van der Waals surface area contributed by atoms with Crippen LogP contribution >= 0.6 is 0 Å². The Bertz CT molecular complexity index is 1100. The zero-order chi connectivity index (χ0) is 22.6. The molecule has 6 heteroatoms. The van der Waals surface area contributed by atoms with Crippen molar-refractivity contribution in [2.45, 2.75) is 26.7 Å². The van der Waals surface area contributed by atoms with Crippen LogP contribution in [-0.2, 0) is 11.2 Å². The molecule has 0 radical (unpaired) electrons. The van der Waals surface area contributed by atoms with Gasteiger partial charge in [0.1, 0.15) is 5.69 Å². The van der Waals surface area contributed by atoms with Crippen LogP contribution in [0, 0.1) is 12.3 Å². The fourth-order valence-electron chi connectivity index (χ4n) is 4.37. The number of amides is 2. The van der Waals surface area contributed by atoms with Gasteiger partial charge in [-0.25, -0.2) is 4.98 Å². The van der Waals surface area contributed by atoms with Crippen molar-refractivity contribution in [1.29, 1.82) is 0 Å². The average molecular weight is 429 g/mol. The van der Waals surface area contributed by atoms with Crippen LogP contribution in [0.5, 0.6) is 0 Å². The molecular weight excluding hydrogens is 400 g/mol. The van der Waals surface area contributed by atoms with Crippen LogP contribution < -0.4 is 5.32 Å². The molecule has 1 aliphatic heterocycles. The van der Waals surface area contributed by atoms with Gasteiger partial charge in [0.05, 0.1) is 11.6 Å². The van der Waals surface area contributed by atoms with Crippen molar-refractivity contribution in [2.75, 3.05) is 19.6 Å². The summed E-state index contributed by atoms with van der Waals surface area (Å²) in [7, 11) is 0. The molecule has 2 amide bonds. The molecule has 1 aromatic heterocycles. The number of nitrogens with one attached hydrogen (secondary N) is 1. The Morgan fingerprint density at radius 2 is 1.91 bits per heavy atom. The van der Waals surface area contributed by atoms with E-state index in [9.17, 15) is 9.59 Å². The lowest BCUT2D eigenvalue weighted by atomic mass is 9.79. The highest BCUT2D eigenvalue weighted by atomic mass is 16.2. The predicted octanol–water partition coefficient (Wildman–Crippen LogP) is 3.66. The summed E-state index contributed by atoms with van der Waals surface area (Å²) in [5, 5.41) is 3.00. The van der Waals surface area contributed by atoms with E-state index in [4.69, 9.17) is 0 Å². The Kier molecular flexibility index (Phi) is 6.30. The Morgan fingerprint density at radius 1 is 1.09 bits per heavy atom. The van der Waals surface area contributed by atoms with Gasteiger partial charge in [-0.2, -0.15) is 0 Å². The maximum Gasteiger partial charge on any atom is 0.274 e. The van der Waals surface area contributed by atoms with E-state index in [1.165, 1.54) is 18.0 Å². The van der Waals surface area contributed by atoms with Gasteiger partial charge < -0.3 is 10.2 Å². The first-order valence-electron chi connectivity index (χ1n) is 11.0. The van der Waals surface area contributed by atoms with Crippen LogP contribution in [0.3, 0.4) is 0 Å². The van der Waals surface area contributed by atoms with E-state index in [0.717, 1.165) is 16.7 Å². The van der Waals surface area contributed by atoms with E-state index in [1.807, 2.05) is 13.0 Å². The van der Waals surface area contributed by atoms with Crippen molar-refractivity contribution in [3.05, 3.63) is 83.9 Å². The first kappa shape index (κ1) is 21.7. The lowest BCUT2D eigenvalue weighted by Gasteiger charge is -2.28. The number of benzene rings is 2. The van der Waals surface area contributed by atoms with Crippen molar-refractivity contribution >= 4 is 11.8 Å². The first-order valence-corrected chi connectivity index (χ1v) is 11.0. The Morgan fingerprint density at radius 3 is 2.62 bits per heavy atom. The standard InChI is InChI=1S/C26H28N4O2/c1-3-28-25(32)26(11-14-30(18-26)24(31)23-17-27-12-13-29-23)16-20-5-4-6-22(15-20)21-9-7-19(2)8-10-21/h4-10,12-13,15,17H,3,11,14,16,18H2,1-2H3,(H,28,32)/t26-/m0/s1. The lowest BCUT2D eigenvalue weighted by molar-refractivity contribution is -0.130. The normalized spacial score (nSPS) is 17.9. The minimum absolute atomic E-state index is 0.00446. The number of aromatic nitrogens is 2. The summed E-state index contributed by atoms with van der Waals surface area (Å²) in [5.41, 5.74) is 4.22. The van der Waals surface area contributed by atoms with Gasteiger partial charge in [-0.1, -0.05) is 54.1 Å². The van der Waals surface area contributed by atoms with E-state index in [-0.39, 0.29) is 11.8 Å². The summed E-state index contributed by atoms with van der Waals surface area (Å²) in [4.78, 5) is 36.0. The summed E-state index contributed by atoms with van der Waals surface area (Å²) < 4.78 is 0. The van der Waals surface area contributed by atoms with Crippen LogP contribution in [0.1, 0.15) is 35.0 Å². The third-order valence-electron chi connectivity index (χ3n) is 6.10. The molecule has 1 N–H and O–H groups in total. The quantitative estimate of drug-likeness (QED) is 0.650. The number of rotatable bonds is 6. The molecule has 0 bridgehead atoms. The van der Waals surface area contributed by atoms with Crippen LogP contribution in [-0.4, -0.2) is 46.3 Å². The van der Waals surface area contributed by atoms with Crippen LogP contribution in [0.15, 0.2) is 67.1 Å². The Labute approximate surface area is 188 Å². The van der Waals surface area contributed by atoms with E-state index in [0.29, 0.717) is 38.2 Å². The van der Waals surface area contributed by atoms with E-state index < -0.39 is 5.41 Å². The SMILES string of the molecule is CCNC(=O)[C@]1(Cc2cccc(-c3ccc(C)cc3)c2)CCN(C(=O)c2cnccn2)C1. The molecule has 1 aliphatic rings. The first-order chi connectivity index (χ1) is 15.5. The molecule has 6 nitrogen and oxygen atoms in total. The van der Waals surface area contributed by atoms with Crippen molar-refractivity contribution in [1.82, 2.24) is 20.2 Å². The smallest absolute Gasteiger partial charge is 0.274 e. The second-order valence-corrected chi connectivity index (χ2v) is 8.45. The van der Waals surface area contributed by atoms with Gasteiger partial charge in [-0.3, -0.25) is 14.6 Å². The number of aryl methyl sites for hydroxylation is 1. The number of likely N-dealkylation sites (tertiary alicyclic amines) is 1. The lowest BCUT2D eigenvalue weighted by Crippen LogP contribution is -2.45. The van der Waals surface area contributed by atoms with Gasteiger partial charge in [0.15, 0.2) is 0 Å². The largest absolute Gasteiger partial charge is 0.356 e. The number of carbonyl (C=O) groups excluding carboxylic acids is 2. The number of hydrogen-bond donors (Lipinski definition) is 1. The number of hydrogen-bond acceptors (Lipinski definition) is 4. The summed E-state index contributed by atoms with van der Waals surface area (Å²) in [6.45, 7) is 5.43. The highest BCUT2D eigenvalue weighted by Gasteiger charge is 2.46. The monoisotopic (exact) mass is 428 g/mol. The van der Waals surface area contributed by atoms with Gasteiger partial charge in [-0.05, 0) is 43.4 Å². The van der Waals surface area contributed by atoms with Crippen LogP contribution in [0.25, 0.3) is 11.1 Å². The van der Waals surface area contributed by atoms with Gasteiger partial charge in [0.25, 0.3) is 5.91 Å². The van der Waals surface area contributed by atoms with Crippen LogP contribution in [0.4, 0.5) is 0 Å². The van der Waals surface area contributed by atoms with E-state index >= 15 is 0 Å². The molecule has 0 unspecified atom stereocenters. The van der Waals surface area contributed by atoms with Gasteiger partial charge in [-0.15, -0.1) is 0 Å². The van der Waals surface area contributed by atoms with Gasteiger partial charge in [0.2, 0.25) is 5.91 Å². The second kappa shape index (κ2) is 9.30. The predicted molar refractivity (Wildman–Crippen MR) is 124 cm³/mol. The Balaban J connectivity index is 1.59. The zero-order valence-electron chi connectivity index (χ0n) is 18.5. The van der Waals surface area contributed by atoms with E-state index in [2.05, 4.69) is 64.7 Å². The molecule has 4 rings (SSSR count). The molecule has 1 saturated heterocycles. The molecule has 3 aromatic rings. The third-order valence-corrected chi connectivity index (χ3v) is 6.10. The molecule has 2 heterocycles. The molecule has 164 valence electrons. The topological polar surface area (TPSA) is 75.2 Å². The molecule has 0 aliphatic carbocycles. The fraction of sp³-hybridized carbons (Fsp3) is 0.308. The number of carbonyl (C=O) groups is 2. The highest BCUT2D eigenvalue weighted by molar-refractivity contribution is 5.93. The molecule has 1 atom stereocenters. The maximum atomic E-state index is 13.2. The maximum absolute atomic E-state index is 13.2. The van der Waals surface area contributed by atoms with Gasteiger partial charge in [0, 0.05) is 32.0 Å². The number of nitrogens with zero attached hydrogens (tertiary/aromatic N) is 3. The molecule has 1 fully saturated rings. The van der Waals surface area contributed by atoms with Crippen molar-refractivity contribution < 1.29 is 9.59 Å². The van der Waals surface area contributed by atoms with Crippen molar-refractivity contribution in [2.24, 2.45) is 5.41 Å². The summed E-state index contributed by atoms with van der Waals surface area (Å²) >= 11 is 0. The summed E-state index contributed by atoms with van der Waals surface area (Å²) in [6, 6.07) is 16.8. The van der Waals surface area contributed by atoms with Crippen molar-refractivity contribution in [3.8, 4) is 11.1 Å². The second-order valence-electron chi connectivity index (χ2n) is 8.45. The van der Waals surface area contributed by atoms with Gasteiger partial charge >= 0.3 is 0 Å². The molecular formula is C26H28N4O2. The summed E-state index contributed by atoms with van der Waals surface area (Å²) in [5.74, 6) is -0.187. The molecule has 2 aromatic carbocycles. The average Bonchev–Trinajstić information content (AvgIpc) is 3.25. The molecule has 0 saturated carbocycles. The Hall–Kier alpha value is -3.54. The van der Waals surface area contributed by atoms with Crippen LogP contribution in [0.2, 0.25) is 0 Å².